The summed E-state index contributed by atoms with van der Waals surface area (Å²) in [4.78, 5) is 23.1. The lowest BCUT2D eigenvalue weighted by Crippen LogP contribution is -2.55. The highest BCUT2D eigenvalue weighted by Crippen LogP contribution is 2.20. The highest BCUT2D eigenvalue weighted by Gasteiger charge is 2.34. The molecule has 1 heterocycles. The van der Waals surface area contributed by atoms with Gasteiger partial charge in [-0.25, -0.2) is 4.79 Å². The lowest BCUT2D eigenvalue weighted by Gasteiger charge is -2.30. The van der Waals surface area contributed by atoms with Crippen LogP contribution in [0.3, 0.4) is 0 Å². The van der Waals surface area contributed by atoms with Crippen LogP contribution in [-0.4, -0.2) is 35.6 Å². The molecule has 0 saturated carbocycles. The molecule has 5 heteroatoms. The molecule has 1 rings (SSSR count). The number of carbonyl (C=O) groups is 2. The first-order valence-corrected chi connectivity index (χ1v) is 6.09. The topological polar surface area (TPSA) is 78.4 Å². The van der Waals surface area contributed by atoms with E-state index in [1.807, 2.05) is 0 Å². The normalized spacial score (nSPS) is 22.9. The summed E-state index contributed by atoms with van der Waals surface area (Å²) in [5, 5.41) is 14.9. The summed E-state index contributed by atoms with van der Waals surface area (Å²) in [7, 11) is 0. The number of aliphatic carboxylic acids is 1. The number of carbonyl (C=O) groups excluding carboxylic acids is 1. The van der Waals surface area contributed by atoms with E-state index in [1.165, 1.54) is 0 Å². The second kappa shape index (κ2) is 5.49. The summed E-state index contributed by atoms with van der Waals surface area (Å²) in [6.07, 6.45) is 2.87. The maximum atomic E-state index is 11.9. The molecule has 0 unspecified atom stereocenters. The molecule has 5 nitrogen and oxygen atoms in total. The van der Waals surface area contributed by atoms with Crippen LogP contribution in [0.1, 0.15) is 40.0 Å². The highest BCUT2D eigenvalue weighted by molar-refractivity contribution is 5.87. The Balaban J connectivity index is 2.60. The average molecular weight is 242 g/mol. The van der Waals surface area contributed by atoms with Crippen molar-refractivity contribution in [3.05, 3.63) is 0 Å². The molecule has 0 aliphatic carbocycles. The minimum absolute atomic E-state index is 0.202. The van der Waals surface area contributed by atoms with E-state index in [9.17, 15) is 9.59 Å². The summed E-state index contributed by atoms with van der Waals surface area (Å²) < 4.78 is 0. The van der Waals surface area contributed by atoms with E-state index in [1.54, 1.807) is 20.8 Å². The molecule has 0 aromatic rings. The minimum Gasteiger partial charge on any atom is -0.480 e. The van der Waals surface area contributed by atoms with Crippen molar-refractivity contribution >= 4 is 11.9 Å². The second-order valence-corrected chi connectivity index (χ2v) is 5.65. The zero-order valence-corrected chi connectivity index (χ0v) is 10.7. The van der Waals surface area contributed by atoms with E-state index in [2.05, 4.69) is 10.6 Å². The third-order valence-corrected chi connectivity index (χ3v) is 3.03. The molecule has 1 aliphatic heterocycles. The first-order chi connectivity index (χ1) is 7.82. The molecule has 0 bridgehead atoms. The van der Waals surface area contributed by atoms with Gasteiger partial charge in [-0.15, -0.1) is 0 Å². The van der Waals surface area contributed by atoms with E-state index in [0.29, 0.717) is 0 Å². The van der Waals surface area contributed by atoms with Crippen molar-refractivity contribution in [2.75, 3.05) is 6.54 Å². The maximum Gasteiger partial charge on any atom is 0.326 e. The number of amides is 1. The van der Waals surface area contributed by atoms with Gasteiger partial charge in [-0.05, 0) is 24.8 Å². The molecule has 1 aliphatic rings. The lowest BCUT2D eigenvalue weighted by molar-refractivity contribution is -0.145. The molecule has 0 aromatic carbocycles. The van der Waals surface area contributed by atoms with Crippen LogP contribution in [0.5, 0.6) is 0 Å². The summed E-state index contributed by atoms with van der Waals surface area (Å²) in [6.45, 7) is 6.24. The monoisotopic (exact) mass is 242 g/mol. The Bertz CT molecular complexity index is 291. The van der Waals surface area contributed by atoms with Crippen LogP contribution < -0.4 is 10.6 Å². The van der Waals surface area contributed by atoms with Gasteiger partial charge in [0.15, 0.2) is 0 Å². The summed E-state index contributed by atoms with van der Waals surface area (Å²) in [5.41, 5.74) is -0.490. The van der Waals surface area contributed by atoms with Gasteiger partial charge >= 0.3 is 5.97 Å². The van der Waals surface area contributed by atoms with Gasteiger partial charge in [-0.3, -0.25) is 4.79 Å². The fourth-order valence-electron chi connectivity index (χ4n) is 1.97. The fourth-order valence-corrected chi connectivity index (χ4v) is 1.97. The standard InChI is InChI=1S/C12H22N2O3/c1-12(2,3)9(11(16)17)14-10(15)8-6-4-5-7-13-8/h8-9,13H,4-7H2,1-3H3,(H,14,15)(H,16,17)/t8-,9+/m1/s1. The minimum atomic E-state index is -0.985. The van der Waals surface area contributed by atoms with Crippen molar-refractivity contribution in [3.63, 3.8) is 0 Å². The Morgan fingerprint density at radius 2 is 2.00 bits per heavy atom. The molecule has 0 spiro atoms. The van der Waals surface area contributed by atoms with Crippen molar-refractivity contribution in [2.45, 2.75) is 52.1 Å². The van der Waals surface area contributed by atoms with E-state index in [-0.39, 0.29) is 11.9 Å². The van der Waals surface area contributed by atoms with Gasteiger partial charge < -0.3 is 15.7 Å². The molecule has 1 fully saturated rings. The van der Waals surface area contributed by atoms with Gasteiger partial charge in [-0.1, -0.05) is 27.2 Å². The van der Waals surface area contributed by atoms with Crippen LogP contribution >= 0.6 is 0 Å². The van der Waals surface area contributed by atoms with Crippen molar-refractivity contribution in [1.29, 1.82) is 0 Å². The predicted octanol–water partition coefficient (Wildman–Crippen LogP) is 0.744. The van der Waals surface area contributed by atoms with Crippen molar-refractivity contribution in [3.8, 4) is 0 Å². The molecule has 1 saturated heterocycles. The molecule has 2 atom stereocenters. The third-order valence-electron chi connectivity index (χ3n) is 3.03. The van der Waals surface area contributed by atoms with Gasteiger partial charge in [0, 0.05) is 0 Å². The van der Waals surface area contributed by atoms with Crippen LogP contribution in [-0.2, 0) is 9.59 Å². The van der Waals surface area contributed by atoms with Crippen LogP contribution in [0.2, 0.25) is 0 Å². The lowest BCUT2D eigenvalue weighted by atomic mass is 9.86. The summed E-state index contributed by atoms with van der Waals surface area (Å²) >= 11 is 0. The highest BCUT2D eigenvalue weighted by atomic mass is 16.4. The third kappa shape index (κ3) is 4.00. The average Bonchev–Trinajstić information content (AvgIpc) is 2.24. The van der Waals surface area contributed by atoms with Crippen LogP contribution in [0.15, 0.2) is 0 Å². The number of piperidine rings is 1. The quantitative estimate of drug-likeness (QED) is 0.682. The fraction of sp³-hybridized carbons (Fsp3) is 0.833. The molecule has 0 aromatic heterocycles. The SMILES string of the molecule is CC(C)(C)[C@@H](NC(=O)[C@H]1CCCCN1)C(=O)O. The number of carboxylic acid groups (broad SMARTS) is 1. The molecule has 98 valence electrons. The molecular formula is C12H22N2O3. The van der Waals surface area contributed by atoms with Crippen molar-refractivity contribution in [2.24, 2.45) is 5.41 Å². The van der Waals surface area contributed by atoms with E-state index < -0.39 is 17.4 Å². The van der Waals surface area contributed by atoms with Crippen molar-refractivity contribution < 1.29 is 14.7 Å². The summed E-state index contributed by atoms with van der Waals surface area (Å²) in [6, 6.07) is -1.09. The Morgan fingerprint density at radius 1 is 1.35 bits per heavy atom. The summed E-state index contributed by atoms with van der Waals surface area (Å²) in [5.74, 6) is -1.19. The van der Waals surface area contributed by atoms with Gasteiger partial charge in [0.25, 0.3) is 0 Å². The number of carboxylic acids is 1. The van der Waals surface area contributed by atoms with Gasteiger partial charge in [0.05, 0.1) is 6.04 Å². The van der Waals surface area contributed by atoms with Crippen LogP contribution in [0.25, 0.3) is 0 Å². The number of rotatable bonds is 3. The first-order valence-electron chi connectivity index (χ1n) is 6.09. The molecule has 1 amide bonds. The van der Waals surface area contributed by atoms with Crippen molar-refractivity contribution in [1.82, 2.24) is 10.6 Å². The Kier molecular flexibility index (Phi) is 4.51. The zero-order chi connectivity index (χ0) is 13.1. The number of nitrogens with one attached hydrogen (secondary N) is 2. The first kappa shape index (κ1) is 14.0. The number of hydrogen-bond donors (Lipinski definition) is 3. The van der Waals surface area contributed by atoms with Gasteiger partial charge in [-0.2, -0.15) is 0 Å². The van der Waals surface area contributed by atoms with E-state index in [0.717, 1.165) is 25.8 Å². The largest absolute Gasteiger partial charge is 0.480 e. The molecule has 17 heavy (non-hydrogen) atoms. The second-order valence-electron chi connectivity index (χ2n) is 5.65. The molecule has 0 radical (unpaired) electrons. The number of hydrogen-bond acceptors (Lipinski definition) is 3. The van der Waals surface area contributed by atoms with Gasteiger partial charge in [0.1, 0.15) is 6.04 Å². The Morgan fingerprint density at radius 3 is 2.41 bits per heavy atom. The Labute approximate surface area is 102 Å². The van der Waals surface area contributed by atoms with Gasteiger partial charge in [0.2, 0.25) is 5.91 Å². The molecule has 3 N–H and O–H groups in total. The maximum absolute atomic E-state index is 11.9. The van der Waals surface area contributed by atoms with Crippen LogP contribution in [0, 0.1) is 5.41 Å². The predicted molar refractivity (Wildman–Crippen MR) is 64.7 cm³/mol. The molecular weight excluding hydrogens is 220 g/mol. The Hall–Kier alpha value is -1.10. The zero-order valence-electron chi connectivity index (χ0n) is 10.7. The van der Waals surface area contributed by atoms with E-state index >= 15 is 0 Å². The van der Waals surface area contributed by atoms with Crippen LogP contribution in [0.4, 0.5) is 0 Å². The smallest absolute Gasteiger partial charge is 0.326 e. The van der Waals surface area contributed by atoms with E-state index in [4.69, 9.17) is 5.11 Å².